The molecule has 1 aliphatic heterocycles. The number of pyridine rings is 1. The number of methoxy groups -OCH3 is 1. The maximum absolute atomic E-state index is 14.7. The Labute approximate surface area is 260 Å². The van der Waals surface area contributed by atoms with E-state index in [1.807, 2.05) is 0 Å². The fourth-order valence-electron chi connectivity index (χ4n) is 4.50. The number of carbonyl (C=O) groups is 2. The van der Waals surface area contributed by atoms with Crippen molar-refractivity contribution in [1.29, 1.82) is 0 Å². The number of halogens is 4. The maximum Gasteiger partial charge on any atom is 0.424 e. The highest BCUT2D eigenvalue weighted by atomic mass is 19.4. The third kappa shape index (κ3) is 6.37. The van der Waals surface area contributed by atoms with E-state index in [0.29, 0.717) is 0 Å². The van der Waals surface area contributed by atoms with Crippen LogP contribution in [0.5, 0.6) is 11.5 Å². The van der Waals surface area contributed by atoms with Crippen LogP contribution in [0.1, 0.15) is 35.5 Å². The Hall–Kier alpha value is -5.38. The van der Waals surface area contributed by atoms with Gasteiger partial charge >= 0.3 is 6.18 Å². The van der Waals surface area contributed by atoms with Gasteiger partial charge in [0.15, 0.2) is 0 Å². The van der Waals surface area contributed by atoms with Gasteiger partial charge in [0.2, 0.25) is 17.5 Å². The second-order valence-corrected chi connectivity index (χ2v) is 10.2. The number of aliphatic imine (C=N–C) groups is 2. The molecular formula is C30H29F4N7O5. The summed E-state index contributed by atoms with van der Waals surface area (Å²) >= 11 is 0. The summed E-state index contributed by atoms with van der Waals surface area (Å²) < 4.78 is 68.7. The number of hydrogen-bond donors (Lipinski definition) is 4. The quantitative estimate of drug-likeness (QED) is 0.120. The summed E-state index contributed by atoms with van der Waals surface area (Å²) in [5.41, 5.74) is 1.58. The Morgan fingerprint density at radius 3 is 2.50 bits per heavy atom. The van der Waals surface area contributed by atoms with Crippen LogP contribution in [0, 0.1) is 5.82 Å². The van der Waals surface area contributed by atoms with Gasteiger partial charge in [0, 0.05) is 22.9 Å². The van der Waals surface area contributed by atoms with E-state index in [2.05, 4.69) is 37.5 Å². The molecule has 2 heterocycles. The minimum atomic E-state index is -5.39. The number of carbonyl (C=O) groups excluding carboxylic acids is 2. The zero-order valence-corrected chi connectivity index (χ0v) is 24.8. The van der Waals surface area contributed by atoms with Gasteiger partial charge in [-0.1, -0.05) is 0 Å². The highest BCUT2D eigenvalue weighted by Crippen LogP contribution is 2.47. The Balaban J connectivity index is 1.77. The molecule has 2 amide bonds. The normalized spacial score (nSPS) is 17.5. The number of aromatic nitrogens is 1. The SMILES string of the molecule is C=NC(=Nc1cc(C(=O)NCC(O)(c2cc3c(c(-c4ccc(F)cc4)n2)OC[C@]3(C)C(N)=O)C(F)(F)F)ccc1OC)N/N=C\C. The average Bonchev–Trinajstić information content (AvgIpc) is 3.38. The van der Waals surface area contributed by atoms with Crippen LogP contribution >= 0.6 is 0 Å². The number of benzene rings is 2. The van der Waals surface area contributed by atoms with E-state index < -0.39 is 47.1 Å². The first-order valence-electron chi connectivity index (χ1n) is 13.5. The largest absolute Gasteiger partial charge is 0.494 e. The number of fused-ring (bicyclic) bond motifs is 1. The summed E-state index contributed by atoms with van der Waals surface area (Å²) in [4.78, 5) is 37.5. The minimum Gasteiger partial charge on any atom is -0.494 e. The van der Waals surface area contributed by atoms with Crippen LogP contribution in [-0.4, -0.2) is 67.2 Å². The van der Waals surface area contributed by atoms with E-state index in [0.717, 1.165) is 18.2 Å². The highest BCUT2D eigenvalue weighted by molar-refractivity contribution is 5.96. The molecule has 46 heavy (non-hydrogen) atoms. The fraction of sp³-hybridized carbons (Fsp3) is 0.267. The third-order valence-electron chi connectivity index (χ3n) is 7.24. The molecular weight excluding hydrogens is 614 g/mol. The maximum atomic E-state index is 14.7. The van der Waals surface area contributed by atoms with Crippen LogP contribution in [0.4, 0.5) is 23.2 Å². The van der Waals surface area contributed by atoms with E-state index >= 15 is 0 Å². The molecule has 3 aromatic rings. The number of nitrogens with zero attached hydrogens (tertiary/aromatic N) is 4. The number of guanidine groups is 1. The van der Waals surface area contributed by atoms with Crippen LogP contribution in [0.15, 0.2) is 63.6 Å². The van der Waals surface area contributed by atoms with E-state index in [9.17, 15) is 32.3 Å². The number of primary amides is 1. The summed E-state index contributed by atoms with van der Waals surface area (Å²) in [6.45, 7) is 4.67. The Morgan fingerprint density at radius 1 is 1.22 bits per heavy atom. The molecule has 0 saturated heterocycles. The summed E-state index contributed by atoms with van der Waals surface area (Å²) in [6.07, 6.45) is -3.97. The van der Waals surface area contributed by atoms with Crippen molar-refractivity contribution in [3.05, 3.63) is 71.2 Å². The molecule has 0 fully saturated rings. The number of ether oxygens (including phenoxy) is 2. The fourth-order valence-corrected chi connectivity index (χ4v) is 4.50. The molecule has 2 atom stereocenters. The number of nitrogens with one attached hydrogen (secondary N) is 2. The molecule has 16 heteroatoms. The standard InChI is InChI=1S/C30H29F4N7O5/c1-5-38-41-27(36-3)39-20-12-17(8-11-21(20)45-4)25(42)37-14-29(44,30(32,33)34)22-13-19-24(46-15-28(19,2)26(35)43)23(40-22)16-6-9-18(31)10-7-16/h5-13,44H,3,14-15H2,1-2,4H3,(H2,35,43)(H,37,42)(H,39,41)/b38-5-/t28-,29?/m0/s1. The number of hydrazone groups is 1. The van der Waals surface area contributed by atoms with Crippen LogP contribution in [0.2, 0.25) is 0 Å². The monoisotopic (exact) mass is 643 g/mol. The van der Waals surface area contributed by atoms with Gasteiger partial charge in [-0.15, -0.1) is 0 Å². The zero-order chi connectivity index (χ0) is 33.9. The van der Waals surface area contributed by atoms with Crippen LogP contribution in [0.3, 0.4) is 0 Å². The molecule has 0 bridgehead atoms. The van der Waals surface area contributed by atoms with Gasteiger partial charge in [-0.3, -0.25) is 9.59 Å². The molecule has 0 radical (unpaired) electrons. The number of nitrogens with two attached hydrogens (primary N) is 1. The molecule has 1 aromatic heterocycles. The molecule has 12 nitrogen and oxygen atoms in total. The Bertz CT molecular complexity index is 1730. The van der Waals surface area contributed by atoms with Gasteiger partial charge < -0.3 is 25.6 Å². The summed E-state index contributed by atoms with van der Waals surface area (Å²) in [6, 6.07) is 9.34. The molecule has 242 valence electrons. The molecule has 5 N–H and O–H groups in total. The lowest BCUT2D eigenvalue weighted by molar-refractivity contribution is -0.265. The van der Waals surface area contributed by atoms with Crippen molar-refractivity contribution in [2.24, 2.45) is 20.8 Å². The van der Waals surface area contributed by atoms with E-state index in [4.69, 9.17) is 15.2 Å². The summed E-state index contributed by atoms with van der Waals surface area (Å²) in [5.74, 6) is -2.45. The average molecular weight is 644 g/mol. The van der Waals surface area contributed by atoms with Crippen LogP contribution in [-0.2, 0) is 15.8 Å². The highest BCUT2D eigenvalue weighted by Gasteiger charge is 2.57. The van der Waals surface area contributed by atoms with Gasteiger partial charge in [0.05, 0.1) is 19.3 Å². The zero-order valence-electron chi connectivity index (χ0n) is 24.8. The first-order valence-corrected chi connectivity index (χ1v) is 13.5. The van der Waals surface area contributed by atoms with E-state index in [-0.39, 0.29) is 52.1 Å². The van der Waals surface area contributed by atoms with Crippen molar-refractivity contribution < 1.29 is 41.7 Å². The molecule has 4 rings (SSSR count). The molecule has 1 unspecified atom stereocenters. The number of amides is 2. The van der Waals surface area contributed by atoms with E-state index in [1.54, 1.807) is 6.92 Å². The van der Waals surface area contributed by atoms with Gasteiger partial charge in [-0.2, -0.15) is 18.3 Å². The second-order valence-electron chi connectivity index (χ2n) is 10.2. The van der Waals surface area contributed by atoms with E-state index in [1.165, 1.54) is 50.6 Å². The number of alkyl halides is 3. The van der Waals surface area contributed by atoms with Crippen molar-refractivity contribution in [2.75, 3.05) is 20.3 Å². The third-order valence-corrected chi connectivity index (χ3v) is 7.24. The minimum absolute atomic E-state index is 0.0518. The van der Waals surface area contributed by atoms with Gasteiger partial charge in [0.25, 0.3) is 5.91 Å². The number of aliphatic hydroxyl groups is 1. The number of rotatable bonds is 9. The number of hydrogen-bond acceptors (Lipinski definition) is 8. The predicted molar refractivity (Wildman–Crippen MR) is 161 cm³/mol. The van der Waals surface area contributed by atoms with Crippen LogP contribution < -0.4 is 25.9 Å². The lowest BCUT2D eigenvalue weighted by atomic mass is 9.81. The predicted octanol–water partition coefficient (Wildman–Crippen LogP) is 3.50. The first-order chi connectivity index (χ1) is 21.7. The first kappa shape index (κ1) is 33.5. The topological polar surface area (TPSA) is 173 Å². The van der Waals surface area contributed by atoms with Crippen molar-refractivity contribution in [3.8, 4) is 22.8 Å². The molecule has 2 aromatic carbocycles. The van der Waals surface area contributed by atoms with Crippen LogP contribution in [0.25, 0.3) is 11.3 Å². The van der Waals surface area contributed by atoms with Crippen molar-refractivity contribution >= 4 is 36.4 Å². The molecule has 0 aliphatic carbocycles. The smallest absolute Gasteiger partial charge is 0.424 e. The lowest BCUT2D eigenvalue weighted by Gasteiger charge is -2.31. The Morgan fingerprint density at radius 2 is 1.91 bits per heavy atom. The van der Waals surface area contributed by atoms with Gasteiger partial charge in [-0.25, -0.2) is 24.8 Å². The van der Waals surface area contributed by atoms with Gasteiger partial charge in [-0.05, 0) is 69.1 Å². The summed E-state index contributed by atoms with van der Waals surface area (Å²) in [7, 11) is 1.34. The van der Waals surface area contributed by atoms with Crippen molar-refractivity contribution in [1.82, 2.24) is 15.7 Å². The summed E-state index contributed by atoms with van der Waals surface area (Å²) in [5, 5.41) is 17.1. The molecule has 0 spiro atoms. The second kappa shape index (κ2) is 12.9. The molecule has 0 saturated carbocycles. The van der Waals surface area contributed by atoms with Crippen molar-refractivity contribution in [3.63, 3.8) is 0 Å². The lowest BCUT2D eigenvalue weighted by Crippen LogP contribution is -2.51. The Kier molecular flexibility index (Phi) is 9.42. The van der Waals surface area contributed by atoms with Crippen molar-refractivity contribution in [2.45, 2.75) is 31.0 Å². The van der Waals surface area contributed by atoms with Gasteiger partial charge in [0.1, 0.15) is 40.7 Å². The molecule has 1 aliphatic rings.